The van der Waals surface area contributed by atoms with Gasteiger partial charge in [-0.15, -0.1) is 12.6 Å². The summed E-state index contributed by atoms with van der Waals surface area (Å²) in [4.78, 5) is 22.6. The lowest BCUT2D eigenvalue weighted by molar-refractivity contribution is -0.146. The van der Waals surface area contributed by atoms with E-state index in [1.807, 2.05) is 0 Å². The first-order valence-corrected chi connectivity index (χ1v) is 5.19. The number of benzene rings is 1. The molecule has 0 spiro atoms. The van der Waals surface area contributed by atoms with Crippen molar-refractivity contribution in [2.75, 3.05) is 0 Å². The number of hydrogen-bond donors (Lipinski definition) is 3. The highest BCUT2D eigenvalue weighted by atomic mass is 32.1. The molecule has 0 fully saturated rings. The smallest absolute Gasteiger partial charge is 0.337 e. The van der Waals surface area contributed by atoms with Crippen LogP contribution < -0.4 is 0 Å². The van der Waals surface area contributed by atoms with Crippen LogP contribution in [0, 0.1) is 0 Å². The topological polar surface area (TPSA) is 74.6 Å². The van der Waals surface area contributed by atoms with Gasteiger partial charge in [-0.25, -0.2) is 4.79 Å². The van der Waals surface area contributed by atoms with Crippen molar-refractivity contribution in [3.63, 3.8) is 0 Å². The molecule has 1 aromatic carbocycles. The highest BCUT2D eigenvalue weighted by Crippen LogP contribution is 2.21. The number of carboxylic acids is 1. The Labute approximate surface area is 98.3 Å². The summed E-state index contributed by atoms with van der Waals surface area (Å²) in [5, 5.41) is 18.0. The maximum absolute atomic E-state index is 11.5. The molecular formula is C11H12O4S. The quantitative estimate of drug-likeness (QED) is 0.553. The Morgan fingerprint density at radius 1 is 1.44 bits per heavy atom. The number of aliphatic carboxylic acids is 1. The zero-order valence-electron chi connectivity index (χ0n) is 8.67. The van der Waals surface area contributed by atoms with E-state index in [-0.39, 0.29) is 11.3 Å². The molecular weight excluding hydrogens is 228 g/mol. The molecule has 1 rings (SSSR count). The molecule has 0 radical (unpaired) electrons. The van der Waals surface area contributed by atoms with Crippen LogP contribution in [0.5, 0.6) is 0 Å². The number of Topliss-reactive ketones (excluding diaryl/α,β-unsaturated/α-hetero) is 1. The van der Waals surface area contributed by atoms with Gasteiger partial charge in [0.1, 0.15) is 0 Å². The molecule has 0 saturated heterocycles. The highest BCUT2D eigenvalue weighted by molar-refractivity contribution is 7.80. The van der Waals surface area contributed by atoms with Gasteiger partial charge in [-0.3, -0.25) is 4.79 Å². The minimum Gasteiger partial charge on any atom is -0.479 e. The van der Waals surface area contributed by atoms with E-state index in [4.69, 9.17) is 5.11 Å². The Hall–Kier alpha value is -1.33. The Bertz CT molecular complexity index is 428. The lowest BCUT2D eigenvalue weighted by Crippen LogP contribution is -2.11. The van der Waals surface area contributed by atoms with Crippen LogP contribution in [0.3, 0.4) is 0 Å². The van der Waals surface area contributed by atoms with E-state index in [9.17, 15) is 14.7 Å². The summed E-state index contributed by atoms with van der Waals surface area (Å²) in [5.74, 6) is -1.48. The van der Waals surface area contributed by atoms with Gasteiger partial charge in [-0.2, -0.15) is 0 Å². The number of carbonyl (C=O) groups excluding carboxylic acids is 1. The van der Waals surface area contributed by atoms with E-state index < -0.39 is 12.1 Å². The summed E-state index contributed by atoms with van der Waals surface area (Å²) in [6.45, 7) is 1.70. The van der Waals surface area contributed by atoms with Crippen molar-refractivity contribution in [2.24, 2.45) is 0 Å². The first-order valence-electron chi connectivity index (χ1n) is 4.74. The fourth-order valence-corrected chi connectivity index (χ4v) is 1.54. The zero-order valence-corrected chi connectivity index (χ0v) is 9.57. The lowest BCUT2D eigenvalue weighted by atomic mass is 10.0. The number of ketones is 1. The standard InChI is InChI=1S/C11H12O4S/c1-2-8(12)7-5-6(3-4-9(7)16)10(13)11(14)15/h3-5,10,13,16H,2H2,1H3,(H,14,15). The van der Waals surface area contributed by atoms with Crippen LogP contribution in [0.25, 0.3) is 0 Å². The molecule has 86 valence electrons. The molecule has 2 N–H and O–H groups in total. The third-order valence-corrected chi connectivity index (χ3v) is 2.58. The normalized spacial score (nSPS) is 12.2. The minimum atomic E-state index is -1.61. The molecule has 16 heavy (non-hydrogen) atoms. The summed E-state index contributed by atoms with van der Waals surface area (Å²) in [6, 6.07) is 4.31. The fraction of sp³-hybridized carbons (Fsp3) is 0.273. The maximum atomic E-state index is 11.5. The van der Waals surface area contributed by atoms with Crippen LogP contribution in [0.4, 0.5) is 0 Å². The number of hydrogen-bond acceptors (Lipinski definition) is 4. The third kappa shape index (κ3) is 2.62. The first-order chi connectivity index (χ1) is 7.47. The Kier molecular flexibility index (Phi) is 4.09. The van der Waals surface area contributed by atoms with Crippen molar-refractivity contribution in [3.8, 4) is 0 Å². The maximum Gasteiger partial charge on any atom is 0.337 e. The van der Waals surface area contributed by atoms with Gasteiger partial charge < -0.3 is 10.2 Å². The first kappa shape index (κ1) is 12.7. The number of thiol groups is 1. The van der Waals surface area contributed by atoms with Gasteiger partial charge in [0.05, 0.1) is 0 Å². The second-order valence-corrected chi connectivity index (χ2v) is 3.78. The number of carboxylic acid groups (broad SMARTS) is 1. The van der Waals surface area contributed by atoms with Crippen molar-refractivity contribution in [1.82, 2.24) is 0 Å². The molecule has 0 heterocycles. The van der Waals surface area contributed by atoms with E-state index in [2.05, 4.69) is 12.6 Å². The van der Waals surface area contributed by atoms with Gasteiger partial charge in [0.2, 0.25) is 0 Å². The Morgan fingerprint density at radius 2 is 2.06 bits per heavy atom. The van der Waals surface area contributed by atoms with E-state index >= 15 is 0 Å². The average Bonchev–Trinajstić information content (AvgIpc) is 2.27. The fourth-order valence-electron chi connectivity index (χ4n) is 1.28. The number of carbonyl (C=O) groups is 2. The molecule has 1 atom stereocenters. The lowest BCUT2D eigenvalue weighted by Gasteiger charge is -2.09. The molecule has 1 aromatic rings. The number of rotatable bonds is 4. The molecule has 0 saturated carbocycles. The van der Waals surface area contributed by atoms with E-state index in [1.165, 1.54) is 18.2 Å². The second kappa shape index (κ2) is 5.14. The predicted molar refractivity (Wildman–Crippen MR) is 60.9 cm³/mol. The van der Waals surface area contributed by atoms with E-state index in [0.717, 1.165) is 0 Å². The van der Waals surface area contributed by atoms with Crippen molar-refractivity contribution in [2.45, 2.75) is 24.3 Å². The number of aliphatic hydroxyl groups excluding tert-OH is 1. The highest BCUT2D eigenvalue weighted by Gasteiger charge is 2.18. The van der Waals surface area contributed by atoms with Crippen LogP contribution in [0.2, 0.25) is 0 Å². The minimum absolute atomic E-state index is 0.135. The predicted octanol–water partition coefficient (Wildman–Crippen LogP) is 1.69. The van der Waals surface area contributed by atoms with Crippen molar-refractivity contribution in [3.05, 3.63) is 29.3 Å². The summed E-state index contributed by atoms with van der Waals surface area (Å²) < 4.78 is 0. The zero-order chi connectivity index (χ0) is 12.3. The summed E-state index contributed by atoms with van der Waals surface area (Å²) in [6.07, 6.45) is -1.31. The van der Waals surface area contributed by atoms with E-state index in [1.54, 1.807) is 6.92 Å². The van der Waals surface area contributed by atoms with Crippen LogP contribution in [0.1, 0.15) is 35.4 Å². The molecule has 0 bridgehead atoms. The molecule has 0 aromatic heterocycles. The molecule has 5 heteroatoms. The van der Waals surface area contributed by atoms with Gasteiger partial charge >= 0.3 is 5.97 Å². The Balaban J connectivity index is 3.17. The van der Waals surface area contributed by atoms with Crippen LogP contribution in [-0.4, -0.2) is 22.0 Å². The van der Waals surface area contributed by atoms with E-state index in [0.29, 0.717) is 16.9 Å². The average molecular weight is 240 g/mol. The third-order valence-electron chi connectivity index (χ3n) is 2.19. The Morgan fingerprint density at radius 3 is 2.56 bits per heavy atom. The van der Waals surface area contributed by atoms with Crippen LogP contribution in [0.15, 0.2) is 23.1 Å². The molecule has 0 aliphatic carbocycles. The van der Waals surface area contributed by atoms with Crippen molar-refractivity contribution in [1.29, 1.82) is 0 Å². The van der Waals surface area contributed by atoms with Crippen LogP contribution >= 0.6 is 12.6 Å². The van der Waals surface area contributed by atoms with Crippen LogP contribution in [-0.2, 0) is 4.79 Å². The SMILES string of the molecule is CCC(=O)c1cc(C(O)C(=O)O)ccc1S. The molecule has 4 nitrogen and oxygen atoms in total. The van der Waals surface area contributed by atoms with Gasteiger partial charge in [0.25, 0.3) is 0 Å². The van der Waals surface area contributed by atoms with Crippen molar-refractivity contribution >= 4 is 24.4 Å². The van der Waals surface area contributed by atoms with Gasteiger partial charge in [0.15, 0.2) is 11.9 Å². The summed E-state index contributed by atoms with van der Waals surface area (Å²) in [7, 11) is 0. The van der Waals surface area contributed by atoms with Gasteiger partial charge in [-0.1, -0.05) is 13.0 Å². The monoisotopic (exact) mass is 240 g/mol. The second-order valence-electron chi connectivity index (χ2n) is 3.29. The van der Waals surface area contributed by atoms with Gasteiger partial charge in [-0.05, 0) is 17.7 Å². The molecule has 1 unspecified atom stereocenters. The summed E-state index contributed by atoms with van der Waals surface area (Å²) in [5.41, 5.74) is 0.519. The largest absolute Gasteiger partial charge is 0.479 e. The molecule has 0 aliphatic heterocycles. The summed E-state index contributed by atoms with van der Waals surface area (Å²) >= 11 is 4.11. The molecule has 0 amide bonds. The number of aliphatic hydroxyl groups is 1. The van der Waals surface area contributed by atoms with Crippen molar-refractivity contribution < 1.29 is 19.8 Å². The molecule has 0 aliphatic rings. The van der Waals surface area contributed by atoms with Gasteiger partial charge in [0, 0.05) is 16.9 Å².